The lowest BCUT2D eigenvalue weighted by molar-refractivity contribution is 0.521. The second kappa shape index (κ2) is 5.44. The number of benzene rings is 1. The van der Waals surface area contributed by atoms with Gasteiger partial charge in [0.15, 0.2) is 5.76 Å². The van der Waals surface area contributed by atoms with E-state index in [1.54, 1.807) is 18.4 Å². The van der Waals surface area contributed by atoms with Crippen LogP contribution in [-0.4, -0.2) is 14.8 Å². The summed E-state index contributed by atoms with van der Waals surface area (Å²) in [6.07, 6.45) is 1.57. The average molecular weight is 326 g/mol. The highest BCUT2D eigenvalue weighted by Gasteiger charge is 2.16. The molecule has 0 fully saturated rings. The Kier molecular flexibility index (Phi) is 3.28. The van der Waals surface area contributed by atoms with Crippen molar-refractivity contribution >= 4 is 11.6 Å². The Morgan fingerprint density at radius 1 is 0.913 bits per heavy atom. The first-order valence-corrected chi connectivity index (χ1v) is 7.39. The zero-order valence-corrected chi connectivity index (χ0v) is 13.0. The van der Waals surface area contributed by atoms with Crippen LogP contribution in [0.2, 0.25) is 5.02 Å². The van der Waals surface area contributed by atoms with Gasteiger partial charge in [-0.15, -0.1) is 10.2 Å². The van der Waals surface area contributed by atoms with E-state index in [1.165, 1.54) is 0 Å². The van der Waals surface area contributed by atoms with Gasteiger partial charge in [0.1, 0.15) is 5.69 Å². The SMILES string of the molecule is Cn1c(-c2ccc(Cl)cc2)ccc1-c1nnc(-c2ccco2)o1. The van der Waals surface area contributed by atoms with Gasteiger partial charge in [-0.25, -0.2) is 0 Å². The largest absolute Gasteiger partial charge is 0.459 e. The normalized spacial score (nSPS) is 11.0. The summed E-state index contributed by atoms with van der Waals surface area (Å²) < 4.78 is 13.0. The molecule has 0 unspecified atom stereocenters. The van der Waals surface area contributed by atoms with E-state index in [0.717, 1.165) is 17.0 Å². The molecule has 1 aromatic carbocycles. The molecule has 3 heterocycles. The predicted octanol–water partition coefficient (Wildman–Crippen LogP) is 4.66. The zero-order chi connectivity index (χ0) is 15.8. The van der Waals surface area contributed by atoms with Crippen molar-refractivity contribution in [2.24, 2.45) is 7.05 Å². The summed E-state index contributed by atoms with van der Waals surface area (Å²) in [6, 6.07) is 15.2. The zero-order valence-electron chi connectivity index (χ0n) is 12.2. The summed E-state index contributed by atoms with van der Waals surface area (Å²) in [5, 5.41) is 8.85. The summed E-state index contributed by atoms with van der Waals surface area (Å²) >= 11 is 5.94. The third-order valence-corrected chi connectivity index (χ3v) is 3.89. The Labute approximate surface area is 137 Å². The minimum atomic E-state index is 0.360. The van der Waals surface area contributed by atoms with Gasteiger partial charge in [-0.2, -0.15) is 0 Å². The molecule has 5 nitrogen and oxygen atoms in total. The van der Waals surface area contributed by atoms with Crippen LogP contribution in [0.5, 0.6) is 0 Å². The van der Waals surface area contributed by atoms with Crippen molar-refractivity contribution in [3.8, 4) is 34.5 Å². The maximum absolute atomic E-state index is 5.94. The number of nitrogens with zero attached hydrogens (tertiary/aromatic N) is 3. The molecular formula is C17H12ClN3O2. The molecule has 4 rings (SSSR count). The molecular weight excluding hydrogens is 314 g/mol. The second-order valence-electron chi connectivity index (χ2n) is 5.06. The number of aromatic nitrogens is 3. The maximum Gasteiger partial charge on any atom is 0.283 e. The Balaban J connectivity index is 1.72. The number of hydrogen-bond acceptors (Lipinski definition) is 4. The highest BCUT2D eigenvalue weighted by molar-refractivity contribution is 6.30. The smallest absolute Gasteiger partial charge is 0.283 e. The van der Waals surface area contributed by atoms with E-state index in [4.69, 9.17) is 20.4 Å². The second-order valence-corrected chi connectivity index (χ2v) is 5.50. The molecule has 0 aliphatic heterocycles. The molecule has 4 aromatic rings. The van der Waals surface area contributed by atoms with Crippen LogP contribution in [0.4, 0.5) is 0 Å². The lowest BCUT2D eigenvalue weighted by Gasteiger charge is -2.05. The van der Waals surface area contributed by atoms with Gasteiger partial charge in [0.25, 0.3) is 11.8 Å². The van der Waals surface area contributed by atoms with Gasteiger partial charge in [-0.05, 0) is 42.0 Å². The number of furan rings is 1. The van der Waals surface area contributed by atoms with Crippen LogP contribution in [0, 0.1) is 0 Å². The van der Waals surface area contributed by atoms with Crippen LogP contribution < -0.4 is 0 Å². The lowest BCUT2D eigenvalue weighted by atomic mass is 10.1. The minimum Gasteiger partial charge on any atom is -0.459 e. The van der Waals surface area contributed by atoms with Gasteiger partial charge in [-0.3, -0.25) is 0 Å². The van der Waals surface area contributed by atoms with Crippen LogP contribution >= 0.6 is 11.6 Å². The van der Waals surface area contributed by atoms with Crippen LogP contribution in [0.15, 0.2) is 63.6 Å². The fraction of sp³-hybridized carbons (Fsp3) is 0.0588. The Morgan fingerprint density at radius 2 is 1.65 bits per heavy atom. The van der Waals surface area contributed by atoms with Crippen molar-refractivity contribution in [1.82, 2.24) is 14.8 Å². The molecule has 0 atom stereocenters. The first-order valence-electron chi connectivity index (χ1n) is 7.02. The van der Waals surface area contributed by atoms with E-state index in [0.29, 0.717) is 22.6 Å². The fourth-order valence-corrected chi connectivity index (χ4v) is 2.59. The van der Waals surface area contributed by atoms with E-state index in [9.17, 15) is 0 Å². The first-order chi connectivity index (χ1) is 11.2. The van der Waals surface area contributed by atoms with Crippen molar-refractivity contribution in [2.75, 3.05) is 0 Å². The van der Waals surface area contributed by atoms with E-state index in [-0.39, 0.29) is 0 Å². The quantitative estimate of drug-likeness (QED) is 0.550. The third-order valence-electron chi connectivity index (χ3n) is 3.64. The molecule has 0 aliphatic carbocycles. The summed E-state index contributed by atoms with van der Waals surface area (Å²) in [5.74, 6) is 1.36. The van der Waals surface area contributed by atoms with Crippen molar-refractivity contribution in [1.29, 1.82) is 0 Å². The standard InChI is InChI=1S/C17H12ClN3O2/c1-21-13(11-4-6-12(18)7-5-11)8-9-14(21)16-19-20-17(23-16)15-3-2-10-22-15/h2-10H,1H3. The summed E-state index contributed by atoms with van der Waals surface area (Å²) in [4.78, 5) is 0. The van der Waals surface area contributed by atoms with Crippen LogP contribution in [0.25, 0.3) is 34.5 Å². The molecule has 23 heavy (non-hydrogen) atoms. The molecule has 0 saturated heterocycles. The monoisotopic (exact) mass is 325 g/mol. The lowest BCUT2D eigenvalue weighted by Crippen LogP contribution is -1.94. The van der Waals surface area contributed by atoms with Crippen LogP contribution in [0.1, 0.15) is 0 Å². The molecule has 0 saturated carbocycles. The minimum absolute atomic E-state index is 0.360. The van der Waals surface area contributed by atoms with Gasteiger partial charge in [0.2, 0.25) is 0 Å². The first kappa shape index (κ1) is 13.8. The third kappa shape index (κ3) is 2.45. The molecule has 0 N–H and O–H groups in total. The molecule has 6 heteroatoms. The van der Waals surface area contributed by atoms with Crippen LogP contribution in [0.3, 0.4) is 0 Å². The Hall–Kier alpha value is -2.79. The highest BCUT2D eigenvalue weighted by atomic mass is 35.5. The van der Waals surface area contributed by atoms with E-state index in [1.807, 2.05) is 48.0 Å². The van der Waals surface area contributed by atoms with Gasteiger partial charge in [-0.1, -0.05) is 23.7 Å². The van der Waals surface area contributed by atoms with Gasteiger partial charge in [0, 0.05) is 17.8 Å². The maximum atomic E-state index is 5.94. The summed E-state index contributed by atoms with van der Waals surface area (Å²) in [5.41, 5.74) is 2.93. The highest BCUT2D eigenvalue weighted by Crippen LogP contribution is 2.29. The van der Waals surface area contributed by atoms with Gasteiger partial charge >= 0.3 is 0 Å². The Bertz CT molecular complexity index is 937. The summed E-state index contributed by atoms with van der Waals surface area (Å²) in [6.45, 7) is 0. The topological polar surface area (TPSA) is 57.0 Å². The molecule has 0 spiro atoms. The predicted molar refractivity (Wildman–Crippen MR) is 86.9 cm³/mol. The summed E-state index contributed by atoms with van der Waals surface area (Å²) in [7, 11) is 1.95. The van der Waals surface area contributed by atoms with Crippen molar-refractivity contribution in [3.63, 3.8) is 0 Å². The van der Waals surface area contributed by atoms with Gasteiger partial charge < -0.3 is 13.4 Å². The Morgan fingerprint density at radius 3 is 2.39 bits per heavy atom. The number of rotatable bonds is 3. The van der Waals surface area contributed by atoms with E-state index < -0.39 is 0 Å². The van der Waals surface area contributed by atoms with Crippen LogP contribution in [-0.2, 0) is 7.05 Å². The van der Waals surface area contributed by atoms with Crippen molar-refractivity contribution in [2.45, 2.75) is 0 Å². The molecule has 0 bridgehead atoms. The molecule has 3 aromatic heterocycles. The van der Waals surface area contributed by atoms with E-state index >= 15 is 0 Å². The molecule has 0 radical (unpaired) electrons. The number of hydrogen-bond donors (Lipinski definition) is 0. The van der Waals surface area contributed by atoms with Crippen molar-refractivity contribution < 1.29 is 8.83 Å². The molecule has 0 amide bonds. The van der Waals surface area contributed by atoms with Crippen molar-refractivity contribution in [3.05, 3.63) is 59.8 Å². The number of halogens is 1. The fourth-order valence-electron chi connectivity index (χ4n) is 2.46. The molecule has 114 valence electrons. The average Bonchev–Trinajstić information content (AvgIpc) is 3.27. The van der Waals surface area contributed by atoms with E-state index in [2.05, 4.69) is 10.2 Å². The molecule has 0 aliphatic rings. The van der Waals surface area contributed by atoms with Gasteiger partial charge in [0.05, 0.1) is 6.26 Å².